The molecule has 27 heavy (non-hydrogen) atoms. The Labute approximate surface area is 161 Å². The second kappa shape index (κ2) is 8.35. The van der Waals surface area contributed by atoms with E-state index in [2.05, 4.69) is 16.5 Å². The molecule has 0 radical (unpaired) electrons. The number of aromatic nitrogens is 2. The van der Waals surface area contributed by atoms with E-state index < -0.39 is 10.0 Å². The maximum Gasteiger partial charge on any atom is 0.243 e. The Hall–Kier alpha value is -1.99. The quantitative estimate of drug-likeness (QED) is 0.680. The van der Waals surface area contributed by atoms with E-state index >= 15 is 0 Å². The van der Waals surface area contributed by atoms with Crippen molar-refractivity contribution in [3.05, 3.63) is 48.0 Å². The van der Waals surface area contributed by atoms with Gasteiger partial charge in [-0.2, -0.15) is 4.31 Å². The first-order valence-corrected chi connectivity index (χ1v) is 11.0. The van der Waals surface area contributed by atoms with E-state index in [9.17, 15) is 13.2 Å². The van der Waals surface area contributed by atoms with Gasteiger partial charge in [-0.25, -0.2) is 13.4 Å². The van der Waals surface area contributed by atoms with E-state index in [1.807, 2.05) is 6.20 Å². The number of rotatable bonds is 7. The molecule has 2 heterocycles. The van der Waals surface area contributed by atoms with Gasteiger partial charge in [0.05, 0.1) is 4.90 Å². The van der Waals surface area contributed by atoms with E-state index in [0.717, 1.165) is 38.1 Å². The number of unbranched alkanes of at least 4 members (excludes halogenated alkanes) is 1. The number of carbonyl (C=O) groups is 1. The first kappa shape index (κ1) is 19.8. The largest absolute Gasteiger partial charge is 0.335 e. The van der Waals surface area contributed by atoms with Gasteiger partial charge in [-0.3, -0.25) is 4.79 Å². The lowest BCUT2D eigenvalue weighted by molar-refractivity contribution is 0.101. The van der Waals surface area contributed by atoms with Gasteiger partial charge in [0.15, 0.2) is 5.78 Å². The second-order valence-electron chi connectivity index (χ2n) is 7.12. The van der Waals surface area contributed by atoms with Crippen LogP contribution in [-0.4, -0.2) is 41.1 Å². The molecule has 0 saturated carbocycles. The zero-order valence-electron chi connectivity index (χ0n) is 16.0. The zero-order valence-corrected chi connectivity index (χ0v) is 16.8. The lowest BCUT2D eigenvalue weighted by atomic mass is 9.99. The van der Waals surface area contributed by atoms with E-state index in [1.165, 1.54) is 19.1 Å². The van der Waals surface area contributed by atoms with Crippen LogP contribution in [0.3, 0.4) is 0 Å². The Bertz CT molecular complexity index is 887. The summed E-state index contributed by atoms with van der Waals surface area (Å²) in [5.74, 6) is 1.02. The topological polar surface area (TPSA) is 72.3 Å². The highest BCUT2D eigenvalue weighted by molar-refractivity contribution is 7.89. The normalized spacial score (nSPS) is 18.5. The molecule has 0 N–H and O–H groups in total. The molecule has 0 aliphatic carbocycles. The smallest absolute Gasteiger partial charge is 0.243 e. The monoisotopic (exact) mass is 389 g/mol. The molecule has 3 rings (SSSR count). The third kappa shape index (κ3) is 4.30. The predicted octanol–water partition coefficient (Wildman–Crippen LogP) is 3.45. The molecular weight excluding hydrogens is 362 g/mol. The number of benzene rings is 1. The third-order valence-corrected chi connectivity index (χ3v) is 7.03. The number of sulfonamides is 1. The van der Waals surface area contributed by atoms with Crippen LogP contribution >= 0.6 is 0 Å². The van der Waals surface area contributed by atoms with Gasteiger partial charge in [0.1, 0.15) is 5.82 Å². The summed E-state index contributed by atoms with van der Waals surface area (Å²) in [5, 5.41) is 0. The van der Waals surface area contributed by atoms with Crippen molar-refractivity contribution < 1.29 is 13.2 Å². The fourth-order valence-corrected chi connectivity index (χ4v) is 5.10. The first-order valence-electron chi connectivity index (χ1n) is 9.55. The van der Waals surface area contributed by atoms with Gasteiger partial charge in [0, 0.05) is 43.5 Å². The van der Waals surface area contributed by atoms with E-state index in [-0.39, 0.29) is 16.6 Å². The average Bonchev–Trinajstić information content (AvgIpc) is 3.15. The number of imidazole rings is 1. The summed E-state index contributed by atoms with van der Waals surface area (Å²) in [4.78, 5) is 16.2. The minimum atomic E-state index is -3.57. The molecule has 1 atom stereocenters. The lowest BCUT2D eigenvalue weighted by Gasteiger charge is -2.32. The van der Waals surface area contributed by atoms with Gasteiger partial charge in [-0.1, -0.05) is 25.5 Å². The number of aryl methyl sites for hydroxylation is 1. The van der Waals surface area contributed by atoms with E-state index in [4.69, 9.17) is 0 Å². The maximum atomic E-state index is 13.1. The minimum Gasteiger partial charge on any atom is -0.335 e. The highest BCUT2D eigenvalue weighted by atomic mass is 32.2. The van der Waals surface area contributed by atoms with Crippen LogP contribution in [0.1, 0.15) is 61.6 Å². The van der Waals surface area contributed by atoms with Gasteiger partial charge in [-0.15, -0.1) is 0 Å². The number of carbonyl (C=O) groups excluding carboxylic acids is 1. The van der Waals surface area contributed by atoms with Crippen LogP contribution in [0.25, 0.3) is 0 Å². The van der Waals surface area contributed by atoms with Crippen molar-refractivity contribution in [2.75, 3.05) is 13.1 Å². The summed E-state index contributed by atoms with van der Waals surface area (Å²) in [6.07, 6.45) is 7.74. The molecule has 1 aromatic carbocycles. The first-order chi connectivity index (χ1) is 12.9. The maximum absolute atomic E-state index is 13.1. The van der Waals surface area contributed by atoms with Crippen molar-refractivity contribution in [1.82, 2.24) is 13.9 Å². The molecule has 0 bridgehead atoms. The SMILES string of the molecule is CCCCn1ccnc1[C@H]1CCCN(S(=O)(=O)c2ccc(C(C)=O)cc2)C1. The molecule has 146 valence electrons. The molecule has 1 saturated heterocycles. The third-order valence-electron chi connectivity index (χ3n) is 5.15. The van der Waals surface area contributed by atoms with Crippen LogP contribution in [0, 0.1) is 0 Å². The highest BCUT2D eigenvalue weighted by Crippen LogP contribution is 2.30. The van der Waals surface area contributed by atoms with Gasteiger partial charge < -0.3 is 4.57 Å². The van der Waals surface area contributed by atoms with Crippen LogP contribution in [0.15, 0.2) is 41.6 Å². The predicted molar refractivity (Wildman–Crippen MR) is 104 cm³/mol. The second-order valence-corrected chi connectivity index (χ2v) is 9.05. The summed E-state index contributed by atoms with van der Waals surface area (Å²) in [7, 11) is -3.57. The molecule has 0 spiro atoms. The molecule has 7 heteroatoms. The van der Waals surface area contributed by atoms with Crippen molar-refractivity contribution in [3.63, 3.8) is 0 Å². The fourth-order valence-electron chi connectivity index (χ4n) is 3.58. The molecule has 1 aliphatic heterocycles. The van der Waals surface area contributed by atoms with Crippen molar-refractivity contribution in [1.29, 1.82) is 0 Å². The summed E-state index contributed by atoms with van der Waals surface area (Å²) in [5.41, 5.74) is 0.517. The summed E-state index contributed by atoms with van der Waals surface area (Å²) in [6.45, 7) is 5.51. The van der Waals surface area contributed by atoms with Crippen molar-refractivity contribution in [3.8, 4) is 0 Å². The van der Waals surface area contributed by atoms with Crippen molar-refractivity contribution >= 4 is 15.8 Å². The Morgan fingerprint density at radius 1 is 1.26 bits per heavy atom. The molecule has 2 aromatic rings. The Balaban J connectivity index is 1.79. The van der Waals surface area contributed by atoms with Crippen LogP contribution in [0.2, 0.25) is 0 Å². The molecule has 0 amide bonds. The van der Waals surface area contributed by atoms with Crippen molar-refractivity contribution in [2.24, 2.45) is 0 Å². The van der Waals surface area contributed by atoms with Crippen LogP contribution in [0.4, 0.5) is 0 Å². The molecule has 0 unspecified atom stereocenters. The van der Waals surface area contributed by atoms with E-state index in [1.54, 1.807) is 22.6 Å². The highest BCUT2D eigenvalue weighted by Gasteiger charge is 2.32. The lowest BCUT2D eigenvalue weighted by Crippen LogP contribution is -2.39. The fraction of sp³-hybridized carbons (Fsp3) is 0.500. The van der Waals surface area contributed by atoms with Gasteiger partial charge >= 0.3 is 0 Å². The number of piperidine rings is 1. The average molecular weight is 390 g/mol. The van der Waals surface area contributed by atoms with E-state index in [0.29, 0.717) is 18.7 Å². The molecule has 1 aromatic heterocycles. The van der Waals surface area contributed by atoms with Crippen LogP contribution < -0.4 is 0 Å². The summed E-state index contributed by atoms with van der Waals surface area (Å²) >= 11 is 0. The van der Waals surface area contributed by atoms with Gasteiger partial charge in [0.25, 0.3) is 0 Å². The number of hydrogen-bond donors (Lipinski definition) is 0. The minimum absolute atomic E-state index is 0.0732. The zero-order chi connectivity index (χ0) is 19.4. The Kier molecular flexibility index (Phi) is 6.11. The van der Waals surface area contributed by atoms with Gasteiger partial charge in [-0.05, 0) is 38.3 Å². The Morgan fingerprint density at radius 2 is 2.00 bits per heavy atom. The molecule has 1 fully saturated rings. The van der Waals surface area contributed by atoms with Crippen LogP contribution in [0.5, 0.6) is 0 Å². The number of nitrogens with zero attached hydrogens (tertiary/aromatic N) is 3. The number of ketones is 1. The van der Waals surface area contributed by atoms with Crippen LogP contribution in [-0.2, 0) is 16.6 Å². The van der Waals surface area contributed by atoms with Crippen molar-refractivity contribution in [2.45, 2.75) is 56.9 Å². The summed E-state index contributed by atoms with van der Waals surface area (Å²) < 4.78 is 29.8. The Morgan fingerprint density at radius 3 is 2.67 bits per heavy atom. The molecule has 1 aliphatic rings. The molecular formula is C20H27N3O3S. The summed E-state index contributed by atoms with van der Waals surface area (Å²) in [6, 6.07) is 6.21. The molecule has 6 nitrogen and oxygen atoms in total. The number of hydrogen-bond acceptors (Lipinski definition) is 4. The standard InChI is InChI=1S/C20H27N3O3S/c1-3-4-12-22-14-11-21-20(22)18-6-5-13-23(15-18)27(25,26)19-9-7-17(8-10-19)16(2)24/h7-11,14,18H,3-6,12-13,15H2,1-2H3/t18-/m0/s1. The van der Waals surface area contributed by atoms with Gasteiger partial charge in [0.2, 0.25) is 10.0 Å². The number of Topliss-reactive ketones (excluding diaryl/α,β-unsaturated/α-hetero) is 1.